The summed E-state index contributed by atoms with van der Waals surface area (Å²) in [6.07, 6.45) is -4.70. The van der Waals surface area contributed by atoms with Gasteiger partial charge in [-0.3, -0.25) is 4.68 Å². The molecule has 1 aromatic heterocycles. The van der Waals surface area contributed by atoms with E-state index in [1.807, 2.05) is 0 Å². The largest absolute Gasteiger partial charge is 0.416 e. The highest BCUT2D eigenvalue weighted by Crippen LogP contribution is 2.31. The van der Waals surface area contributed by atoms with Crippen LogP contribution in [0, 0.1) is 0 Å². The molecule has 6 nitrogen and oxygen atoms in total. The highest BCUT2D eigenvalue weighted by molar-refractivity contribution is 5.89. The van der Waals surface area contributed by atoms with Crippen LogP contribution in [0.5, 0.6) is 0 Å². The van der Waals surface area contributed by atoms with Gasteiger partial charge in [0.05, 0.1) is 36.7 Å². The molecule has 0 bridgehead atoms. The number of carbonyl (C=O) groups is 1. The zero-order valence-corrected chi connectivity index (χ0v) is 13.7. The molecule has 1 saturated heterocycles. The SMILES string of the molecule is O=C(Nc1cnn(C2COC2)c1)N[C@H](c1ccc(C(F)(F)F)cc1)C(F)F. The minimum Gasteiger partial charge on any atom is -0.377 e. The molecule has 146 valence electrons. The first-order valence-electron chi connectivity index (χ1n) is 7.89. The van der Waals surface area contributed by atoms with Crippen LogP contribution in [-0.4, -0.2) is 35.5 Å². The van der Waals surface area contributed by atoms with Crippen molar-refractivity contribution >= 4 is 11.7 Å². The zero-order valence-electron chi connectivity index (χ0n) is 13.7. The van der Waals surface area contributed by atoms with Gasteiger partial charge in [-0.2, -0.15) is 18.3 Å². The quantitative estimate of drug-likeness (QED) is 0.767. The van der Waals surface area contributed by atoms with Crippen molar-refractivity contribution in [3.05, 3.63) is 47.8 Å². The Morgan fingerprint density at radius 3 is 2.41 bits per heavy atom. The number of aromatic nitrogens is 2. The number of benzene rings is 1. The van der Waals surface area contributed by atoms with Crippen molar-refractivity contribution < 1.29 is 31.5 Å². The number of carbonyl (C=O) groups excluding carboxylic acids is 1. The third-order valence-electron chi connectivity index (χ3n) is 3.99. The molecule has 1 fully saturated rings. The molecule has 1 aromatic carbocycles. The molecule has 2 aromatic rings. The van der Waals surface area contributed by atoms with Crippen LogP contribution >= 0.6 is 0 Å². The van der Waals surface area contributed by atoms with Crippen molar-refractivity contribution in [2.75, 3.05) is 18.5 Å². The fraction of sp³-hybridized carbons (Fsp3) is 0.375. The molecule has 0 saturated carbocycles. The van der Waals surface area contributed by atoms with Gasteiger partial charge in [-0.25, -0.2) is 13.6 Å². The normalized spacial score (nSPS) is 16.1. The summed E-state index contributed by atoms with van der Waals surface area (Å²) in [6.45, 7) is 0.989. The van der Waals surface area contributed by atoms with Crippen LogP contribution in [0.4, 0.5) is 32.4 Å². The Morgan fingerprint density at radius 1 is 1.22 bits per heavy atom. The van der Waals surface area contributed by atoms with Gasteiger partial charge in [-0.1, -0.05) is 12.1 Å². The van der Waals surface area contributed by atoms with Gasteiger partial charge in [0.15, 0.2) is 0 Å². The lowest BCUT2D eigenvalue weighted by atomic mass is 10.0. The summed E-state index contributed by atoms with van der Waals surface area (Å²) in [5.74, 6) is 0. The molecule has 1 aliphatic heterocycles. The number of anilines is 1. The standard InChI is InChI=1S/C16H15F5N4O2/c17-14(18)13(9-1-3-10(4-2-9)16(19,20)21)24-15(26)23-11-5-22-25(6-11)12-7-27-8-12/h1-6,12-14H,7-8H2,(H2,23,24,26)/t13-/m1/s1. The maximum Gasteiger partial charge on any atom is 0.416 e. The number of ether oxygens (including phenoxy) is 1. The Labute approximate surface area is 150 Å². The van der Waals surface area contributed by atoms with Crippen molar-refractivity contribution in [2.24, 2.45) is 0 Å². The zero-order chi connectivity index (χ0) is 19.6. The minimum absolute atomic E-state index is 0.0598. The van der Waals surface area contributed by atoms with Crippen molar-refractivity contribution in [3.63, 3.8) is 0 Å². The Kier molecular flexibility index (Phi) is 5.31. The minimum atomic E-state index is -4.57. The van der Waals surface area contributed by atoms with Crippen molar-refractivity contribution in [1.82, 2.24) is 15.1 Å². The summed E-state index contributed by atoms with van der Waals surface area (Å²) in [4.78, 5) is 12.0. The molecule has 2 N–H and O–H groups in total. The van der Waals surface area contributed by atoms with Gasteiger partial charge in [-0.15, -0.1) is 0 Å². The number of alkyl halides is 5. The van der Waals surface area contributed by atoms with E-state index >= 15 is 0 Å². The first-order chi connectivity index (χ1) is 12.7. The van der Waals surface area contributed by atoms with Crippen LogP contribution in [0.15, 0.2) is 36.7 Å². The number of nitrogens with zero attached hydrogens (tertiary/aromatic N) is 2. The monoisotopic (exact) mass is 390 g/mol. The molecule has 2 amide bonds. The fourth-order valence-corrected chi connectivity index (χ4v) is 2.46. The molecule has 3 rings (SSSR count). The van der Waals surface area contributed by atoms with Crippen LogP contribution in [0.1, 0.15) is 23.2 Å². The van der Waals surface area contributed by atoms with E-state index in [1.165, 1.54) is 12.4 Å². The molecule has 11 heteroatoms. The Hall–Kier alpha value is -2.69. The maximum atomic E-state index is 13.3. The predicted molar refractivity (Wildman–Crippen MR) is 84.4 cm³/mol. The summed E-state index contributed by atoms with van der Waals surface area (Å²) in [6, 6.07) is 0.573. The van der Waals surface area contributed by atoms with Crippen molar-refractivity contribution in [2.45, 2.75) is 24.7 Å². The predicted octanol–water partition coefficient (Wildman–Crippen LogP) is 3.60. The molecule has 0 radical (unpaired) electrons. The van der Waals surface area contributed by atoms with E-state index in [1.54, 1.807) is 4.68 Å². The third kappa shape index (κ3) is 4.54. The maximum absolute atomic E-state index is 13.3. The number of halogens is 5. The summed E-state index contributed by atoms with van der Waals surface area (Å²) < 4.78 is 70.9. The Morgan fingerprint density at radius 2 is 1.89 bits per heavy atom. The summed E-state index contributed by atoms with van der Waals surface area (Å²) in [5.41, 5.74) is -0.814. The van der Waals surface area contributed by atoms with Gasteiger partial charge < -0.3 is 15.4 Å². The second kappa shape index (κ2) is 7.51. The van der Waals surface area contributed by atoms with E-state index in [4.69, 9.17) is 4.74 Å². The molecule has 0 unspecified atom stereocenters. The first kappa shape index (κ1) is 19.1. The van der Waals surface area contributed by atoms with Gasteiger partial charge in [0.25, 0.3) is 6.43 Å². The molecule has 27 heavy (non-hydrogen) atoms. The lowest BCUT2D eigenvalue weighted by Crippen LogP contribution is -2.36. The number of rotatable bonds is 5. The first-order valence-corrected chi connectivity index (χ1v) is 7.89. The molecule has 0 aliphatic carbocycles. The summed E-state index contributed by atoms with van der Waals surface area (Å²) >= 11 is 0. The van der Waals surface area contributed by atoms with E-state index in [2.05, 4.69) is 15.7 Å². The number of hydrogen-bond donors (Lipinski definition) is 2. The highest BCUT2D eigenvalue weighted by Gasteiger charge is 2.31. The van der Waals surface area contributed by atoms with Crippen LogP contribution in [0.25, 0.3) is 0 Å². The molecular formula is C16H15F5N4O2. The summed E-state index contributed by atoms with van der Waals surface area (Å²) in [5, 5.41) is 8.47. The average Bonchev–Trinajstić information content (AvgIpc) is 2.97. The Balaban J connectivity index is 1.65. The van der Waals surface area contributed by atoms with Gasteiger partial charge in [0.1, 0.15) is 6.04 Å². The highest BCUT2D eigenvalue weighted by atomic mass is 19.4. The van der Waals surface area contributed by atoms with E-state index in [0.29, 0.717) is 31.0 Å². The lowest BCUT2D eigenvalue weighted by molar-refractivity contribution is -0.137. The second-order valence-electron chi connectivity index (χ2n) is 5.93. The van der Waals surface area contributed by atoms with Crippen molar-refractivity contribution in [3.8, 4) is 0 Å². The Bertz CT molecular complexity index is 787. The van der Waals surface area contributed by atoms with Crippen LogP contribution in [0.2, 0.25) is 0 Å². The third-order valence-corrected chi connectivity index (χ3v) is 3.99. The lowest BCUT2D eigenvalue weighted by Gasteiger charge is -2.25. The molecule has 2 heterocycles. The number of amides is 2. The second-order valence-corrected chi connectivity index (χ2v) is 5.93. The average molecular weight is 390 g/mol. The van der Waals surface area contributed by atoms with Gasteiger partial charge >= 0.3 is 12.2 Å². The number of hydrogen-bond acceptors (Lipinski definition) is 3. The fourth-order valence-electron chi connectivity index (χ4n) is 2.46. The van der Waals surface area contributed by atoms with Gasteiger partial charge in [0.2, 0.25) is 0 Å². The molecule has 1 aliphatic rings. The van der Waals surface area contributed by atoms with Crippen LogP contribution in [0.3, 0.4) is 0 Å². The van der Waals surface area contributed by atoms with E-state index < -0.39 is 30.2 Å². The van der Waals surface area contributed by atoms with E-state index in [0.717, 1.165) is 12.1 Å². The van der Waals surface area contributed by atoms with Crippen LogP contribution < -0.4 is 10.6 Å². The van der Waals surface area contributed by atoms with Gasteiger partial charge in [0, 0.05) is 6.20 Å². The van der Waals surface area contributed by atoms with E-state index in [-0.39, 0.29) is 11.6 Å². The van der Waals surface area contributed by atoms with Crippen molar-refractivity contribution in [1.29, 1.82) is 0 Å². The molecular weight excluding hydrogens is 375 g/mol. The van der Waals surface area contributed by atoms with E-state index in [9.17, 15) is 26.7 Å². The topological polar surface area (TPSA) is 68.2 Å². The number of urea groups is 1. The smallest absolute Gasteiger partial charge is 0.377 e. The summed E-state index contributed by atoms with van der Waals surface area (Å²) in [7, 11) is 0. The van der Waals surface area contributed by atoms with Gasteiger partial charge in [-0.05, 0) is 17.7 Å². The number of nitrogens with one attached hydrogen (secondary N) is 2. The molecule has 1 atom stereocenters. The van der Waals surface area contributed by atoms with Crippen LogP contribution in [-0.2, 0) is 10.9 Å². The molecule has 0 spiro atoms.